The minimum Gasteiger partial charge on any atom is -0.405 e. The number of carbonyl (C=O) groups excluding carboxylic acids is 1. The zero-order chi connectivity index (χ0) is 19.6. The predicted molar refractivity (Wildman–Crippen MR) is 90.2 cm³/mol. The second-order valence-corrected chi connectivity index (χ2v) is 6.36. The molecule has 0 spiro atoms. The number of aromatic nitrogens is 2. The Kier molecular flexibility index (Phi) is 5.20. The lowest BCUT2D eigenvalue weighted by Gasteiger charge is -2.16. The molecule has 1 aliphatic rings. The summed E-state index contributed by atoms with van der Waals surface area (Å²) in [4.78, 5) is 24.4. The van der Waals surface area contributed by atoms with Crippen LogP contribution in [-0.4, -0.2) is 22.1 Å². The lowest BCUT2D eigenvalue weighted by Crippen LogP contribution is -2.37. The fraction of sp³-hybridized carbons (Fsp3) is 0.389. The van der Waals surface area contributed by atoms with Crippen LogP contribution < -0.4 is 15.6 Å². The van der Waals surface area contributed by atoms with E-state index in [1.807, 2.05) is 0 Å². The maximum atomic E-state index is 12.5. The average molecular weight is 381 g/mol. The van der Waals surface area contributed by atoms with E-state index in [9.17, 15) is 22.8 Å². The van der Waals surface area contributed by atoms with Gasteiger partial charge in [-0.15, -0.1) is 13.2 Å². The molecule has 1 saturated carbocycles. The molecule has 1 heterocycles. The minimum atomic E-state index is -4.83. The highest BCUT2D eigenvalue weighted by molar-refractivity contribution is 5.79. The number of nitrogens with one attached hydrogen (secondary N) is 1. The van der Waals surface area contributed by atoms with E-state index in [1.54, 1.807) is 12.1 Å². The predicted octanol–water partition coefficient (Wildman–Crippen LogP) is 2.90. The van der Waals surface area contributed by atoms with Gasteiger partial charge in [0, 0.05) is 24.1 Å². The second kappa shape index (κ2) is 7.42. The first-order chi connectivity index (χ1) is 12.7. The molecule has 0 saturated heterocycles. The van der Waals surface area contributed by atoms with E-state index in [-0.39, 0.29) is 17.9 Å². The number of halogens is 3. The van der Waals surface area contributed by atoms with Crippen molar-refractivity contribution in [1.29, 1.82) is 0 Å². The van der Waals surface area contributed by atoms with E-state index < -0.39 is 23.9 Å². The first-order valence-corrected chi connectivity index (χ1v) is 8.46. The summed E-state index contributed by atoms with van der Waals surface area (Å²) in [6, 6.07) is 7.67. The highest BCUT2D eigenvalue weighted by atomic mass is 19.4. The Bertz CT molecular complexity index is 891. The van der Waals surface area contributed by atoms with Crippen molar-refractivity contribution in [2.75, 3.05) is 0 Å². The van der Waals surface area contributed by atoms with Crippen LogP contribution in [0.2, 0.25) is 0 Å². The number of benzene rings is 1. The zero-order valence-corrected chi connectivity index (χ0v) is 14.5. The lowest BCUT2D eigenvalue weighted by molar-refractivity contribution is -0.274. The molecule has 1 aromatic carbocycles. The van der Waals surface area contributed by atoms with Crippen molar-refractivity contribution in [3.05, 3.63) is 58.0 Å². The van der Waals surface area contributed by atoms with Crippen molar-refractivity contribution in [3.8, 4) is 5.75 Å². The molecule has 6 nitrogen and oxygen atoms in total. The van der Waals surface area contributed by atoms with Gasteiger partial charge in [-0.1, -0.05) is 18.2 Å². The van der Waals surface area contributed by atoms with Gasteiger partial charge in [-0.2, -0.15) is 5.10 Å². The van der Waals surface area contributed by atoms with Crippen LogP contribution in [0.25, 0.3) is 0 Å². The van der Waals surface area contributed by atoms with Crippen molar-refractivity contribution < 1.29 is 22.7 Å². The Morgan fingerprint density at radius 1 is 1.30 bits per heavy atom. The Labute approximate surface area is 153 Å². The Morgan fingerprint density at radius 2 is 2.00 bits per heavy atom. The summed E-state index contributed by atoms with van der Waals surface area (Å²) in [5.74, 6) is -0.596. The molecule has 1 aliphatic carbocycles. The van der Waals surface area contributed by atoms with Crippen molar-refractivity contribution >= 4 is 5.91 Å². The average Bonchev–Trinajstić information content (AvgIpc) is 3.44. The summed E-state index contributed by atoms with van der Waals surface area (Å²) in [5, 5.41) is 6.78. The summed E-state index contributed by atoms with van der Waals surface area (Å²) in [6.07, 6.45) is -2.82. The molecule has 144 valence electrons. The highest BCUT2D eigenvalue weighted by Crippen LogP contribution is 2.38. The molecule has 27 heavy (non-hydrogen) atoms. The Balaban J connectivity index is 1.70. The number of alkyl halides is 3. The largest absolute Gasteiger partial charge is 0.573 e. The molecule has 1 unspecified atom stereocenters. The van der Waals surface area contributed by atoms with Crippen LogP contribution in [0.15, 0.2) is 41.2 Å². The molecular formula is C18H18F3N3O3. The monoisotopic (exact) mass is 381 g/mol. The molecule has 2 aromatic rings. The first kappa shape index (κ1) is 18.9. The molecule has 1 N–H and O–H groups in total. The van der Waals surface area contributed by atoms with Crippen LogP contribution in [0.5, 0.6) is 5.75 Å². The number of para-hydroxylation sites is 1. The molecule has 3 rings (SSSR count). The van der Waals surface area contributed by atoms with Crippen LogP contribution in [0.4, 0.5) is 13.2 Å². The van der Waals surface area contributed by atoms with Crippen molar-refractivity contribution in [3.63, 3.8) is 0 Å². The zero-order valence-electron chi connectivity index (χ0n) is 14.5. The van der Waals surface area contributed by atoms with Gasteiger partial charge in [0.2, 0.25) is 5.91 Å². The summed E-state index contributed by atoms with van der Waals surface area (Å²) < 4.78 is 42.5. The fourth-order valence-electron chi connectivity index (χ4n) is 2.63. The van der Waals surface area contributed by atoms with Crippen LogP contribution in [0.3, 0.4) is 0 Å². The normalized spacial score (nSPS) is 15.3. The molecule has 0 radical (unpaired) electrons. The van der Waals surface area contributed by atoms with Crippen LogP contribution >= 0.6 is 0 Å². The first-order valence-electron chi connectivity index (χ1n) is 8.46. The van der Waals surface area contributed by atoms with E-state index in [1.165, 1.54) is 31.2 Å². The molecule has 1 atom stereocenters. The maximum Gasteiger partial charge on any atom is 0.573 e. The van der Waals surface area contributed by atoms with Gasteiger partial charge in [-0.3, -0.25) is 9.59 Å². The second-order valence-electron chi connectivity index (χ2n) is 6.36. The Morgan fingerprint density at radius 3 is 2.67 bits per heavy atom. The third kappa shape index (κ3) is 4.87. The van der Waals surface area contributed by atoms with E-state index in [2.05, 4.69) is 15.2 Å². The lowest BCUT2D eigenvalue weighted by atomic mass is 10.2. The number of hydrogen-bond acceptors (Lipinski definition) is 4. The van der Waals surface area contributed by atoms with Crippen molar-refractivity contribution in [1.82, 2.24) is 15.1 Å². The third-order valence-electron chi connectivity index (χ3n) is 4.24. The van der Waals surface area contributed by atoms with Gasteiger partial charge in [-0.05, 0) is 31.9 Å². The van der Waals surface area contributed by atoms with Gasteiger partial charge < -0.3 is 10.1 Å². The number of ether oxygens (including phenoxy) is 1. The fourth-order valence-corrected chi connectivity index (χ4v) is 2.63. The maximum absolute atomic E-state index is 12.5. The van der Waals surface area contributed by atoms with Crippen molar-refractivity contribution in [2.45, 2.75) is 44.6 Å². The number of carbonyl (C=O) groups is 1. The number of amides is 1. The SMILES string of the molecule is CC(C(=O)NCc1ccccc1OC(F)(F)F)n1nc(C2CC2)ccc1=O. The molecule has 0 bridgehead atoms. The Hall–Kier alpha value is -2.84. The van der Waals surface area contributed by atoms with Gasteiger partial charge in [0.15, 0.2) is 0 Å². The minimum absolute atomic E-state index is 0.169. The van der Waals surface area contributed by atoms with E-state index in [4.69, 9.17) is 0 Å². The molecule has 1 amide bonds. The summed E-state index contributed by atoms with van der Waals surface area (Å²) in [5.41, 5.74) is 0.517. The third-order valence-corrected chi connectivity index (χ3v) is 4.24. The highest BCUT2D eigenvalue weighted by Gasteiger charge is 2.32. The molecule has 0 aliphatic heterocycles. The smallest absolute Gasteiger partial charge is 0.405 e. The van der Waals surface area contributed by atoms with E-state index in [0.29, 0.717) is 5.92 Å². The molecule has 1 fully saturated rings. The van der Waals surface area contributed by atoms with Crippen LogP contribution in [-0.2, 0) is 11.3 Å². The van der Waals surface area contributed by atoms with E-state index >= 15 is 0 Å². The molecular weight excluding hydrogens is 363 g/mol. The number of hydrogen-bond donors (Lipinski definition) is 1. The van der Waals surface area contributed by atoms with Gasteiger partial charge in [0.1, 0.15) is 11.8 Å². The van der Waals surface area contributed by atoms with Gasteiger partial charge in [0.25, 0.3) is 5.56 Å². The van der Waals surface area contributed by atoms with Gasteiger partial charge in [0.05, 0.1) is 5.69 Å². The van der Waals surface area contributed by atoms with Gasteiger partial charge in [-0.25, -0.2) is 4.68 Å². The summed E-state index contributed by atoms with van der Waals surface area (Å²) in [6.45, 7) is 1.34. The summed E-state index contributed by atoms with van der Waals surface area (Å²) in [7, 11) is 0. The molecule has 9 heteroatoms. The topological polar surface area (TPSA) is 73.2 Å². The number of nitrogens with zero attached hydrogens (tertiary/aromatic N) is 2. The standard InChI is InChI=1S/C18H18F3N3O3/c1-11(24-16(25)9-8-14(23-24)12-6-7-12)17(26)22-10-13-4-2-3-5-15(13)27-18(19,20)21/h2-5,8-9,11-12H,6-7,10H2,1H3,(H,22,26). The van der Waals surface area contributed by atoms with Crippen LogP contribution in [0.1, 0.15) is 43.0 Å². The molecule has 1 aromatic heterocycles. The quantitative estimate of drug-likeness (QED) is 0.835. The summed E-state index contributed by atoms with van der Waals surface area (Å²) >= 11 is 0. The van der Waals surface area contributed by atoms with Gasteiger partial charge >= 0.3 is 6.36 Å². The van der Waals surface area contributed by atoms with E-state index in [0.717, 1.165) is 23.2 Å². The number of rotatable bonds is 6. The van der Waals surface area contributed by atoms with Crippen LogP contribution in [0, 0.1) is 0 Å². The van der Waals surface area contributed by atoms with Crippen molar-refractivity contribution in [2.24, 2.45) is 0 Å².